The highest BCUT2D eigenvalue weighted by Gasteiger charge is 2.40. The van der Waals surface area contributed by atoms with Gasteiger partial charge < -0.3 is 4.42 Å². The van der Waals surface area contributed by atoms with Crippen LogP contribution in [0.25, 0.3) is 88.7 Å². The Kier molecular flexibility index (Phi) is 8.86. The minimum Gasteiger partial charge on any atom is -0.456 e. The maximum absolute atomic E-state index is 6.22. The van der Waals surface area contributed by atoms with E-state index in [0.29, 0.717) is 0 Å². The van der Waals surface area contributed by atoms with E-state index in [1.165, 1.54) is 117 Å². The van der Waals surface area contributed by atoms with E-state index in [1.807, 2.05) is 6.07 Å². The Morgan fingerprint density at radius 2 is 0.592 bits per heavy atom. The summed E-state index contributed by atoms with van der Waals surface area (Å²) in [4.78, 5) is 0. The van der Waals surface area contributed by atoms with Crippen LogP contribution >= 0.6 is 0 Å². The van der Waals surface area contributed by atoms with Crippen molar-refractivity contribution in [1.82, 2.24) is 0 Å². The fraction of sp³-hybridized carbons (Fsp3) is 0.143. The second-order valence-electron chi connectivity index (χ2n) is 22.0. The lowest BCUT2D eigenvalue weighted by Crippen LogP contribution is -2.18. The van der Waals surface area contributed by atoms with Gasteiger partial charge in [-0.25, -0.2) is 0 Å². The fourth-order valence-electron chi connectivity index (χ4n) is 13.1. The van der Waals surface area contributed by atoms with Crippen molar-refractivity contribution in [2.45, 2.75) is 63.7 Å². The fourth-order valence-corrected chi connectivity index (χ4v) is 13.1. The van der Waals surface area contributed by atoms with E-state index in [1.54, 1.807) is 0 Å². The first-order chi connectivity index (χ1) is 34.4. The molecule has 1 heterocycles. The molecule has 0 bridgehead atoms. The molecule has 0 aliphatic heterocycles. The Bertz CT molecular complexity index is 3860. The van der Waals surface area contributed by atoms with Crippen LogP contribution in [0.3, 0.4) is 0 Å². The first-order valence-electron chi connectivity index (χ1n) is 25.3. The molecule has 0 fully saturated rings. The van der Waals surface area contributed by atoms with E-state index in [0.717, 1.165) is 21.9 Å². The lowest BCUT2D eigenvalue weighted by atomic mass is 9.75. The normalized spacial score (nSPS) is 15.1. The highest BCUT2D eigenvalue weighted by Crippen LogP contribution is 2.55. The van der Waals surface area contributed by atoms with Gasteiger partial charge in [-0.15, -0.1) is 0 Å². The quantitative estimate of drug-likeness (QED) is 0.152. The topological polar surface area (TPSA) is 13.1 Å². The molecule has 0 N–H and O–H groups in total. The van der Waals surface area contributed by atoms with Gasteiger partial charge in [-0.2, -0.15) is 0 Å². The molecule has 0 saturated heterocycles. The zero-order valence-corrected chi connectivity index (χ0v) is 41.2. The van der Waals surface area contributed by atoms with Gasteiger partial charge in [-0.1, -0.05) is 217 Å². The maximum atomic E-state index is 6.22. The van der Waals surface area contributed by atoms with Crippen LogP contribution < -0.4 is 0 Å². The summed E-state index contributed by atoms with van der Waals surface area (Å²) in [5.41, 5.74) is 29.1. The first-order valence-corrected chi connectivity index (χ1v) is 25.3. The monoisotopic (exact) mass is 910 g/mol. The molecule has 10 aromatic carbocycles. The SMILES string of the molecule is CC1(C)c2cc(-c3ccccc3)ccc2-c2ccc(C(c3ccc4c(c3)C(C)(C)c3cc(-c5ccccc5)ccc3-4)c3ccc4c(c3)C(C)(C)c3cc(-c5ccc6oc7ccccc7c6c5)ccc3-4)cc21. The summed E-state index contributed by atoms with van der Waals surface area (Å²) in [6, 6.07) is 80.1. The van der Waals surface area contributed by atoms with E-state index in [2.05, 4.69) is 248 Å². The lowest BCUT2D eigenvalue weighted by Gasteiger charge is -2.28. The zero-order valence-electron chi connectivity index (χ0n) is 41.2. The molecule has 0 atom stereocenters. The maximum Gasteiger partial charge on any atom is 0.135 e. The molecule has 1 heteroatoms. The Labute approximate surface area is 417 Å². The molecule has 340 valence electrons. The third kappa shape index (κ3) is 6.18. The predicted molar refractivity (Wildman–Crippen MR) is 297 cm³/mol. The molecule has 1 aromatic heterocycles. The van der Waals surface area contributed by atoms with Crippen molar-refractivity contribution >= 4 is 21.9 Å². The van der Waals surface area contributed by atoms with Gasteiger partial charge in [0.1, 0.15) is 11.2 Å². The third-order valence-electron chi connectivity index (χ3n) is 17.0. The van der Waals surface area contributed by atoms with Gasteiger partial charge in [0.2, 0.25) is 0 Å². The second-order valence-corrected chi connectivity index (χ2v) is 22.0. The number of rotatable bonds is 6. The van der Waals surface area contributed by atoms with Crippen LogP contribution in [0.1, 0.15) is 97.5 Å². The molecule has 0 spiro atoms. The largest absolute Gasteiger partial charge is 0.456 e. The molecule has 3 aliphatic carbocycles. The smallest absolute Gasteiger partial charge is 0.135 e. The highest BCUT2D eigenvalue weighted by atomic mass is 16.3. The van der Waals surface area contributed by atoms with Crippen molar-refractivity contribution < 1.29 is 4.42 Å². The molecule has 0 radical (unpaired) electrons. The summed E-state index contributed by atoms with van der Waals surface area (Å²) in [5, 5.41) is 2.31. The highest BCUT2D eigenvalue weighted by molar-refractivity contribution is 6.06. The van der Waals surface area contributed by atoms with E-state index >= 15 is 0 Å². The van der Waals surface area contributed by atoms with Crippen LogP contribution in [0.4, 0.5) is 0 Å². The Hall–Kier alpha value is -8.00. The summed E-state index contributed by atoms with van der Waals surface area (Å²) < 4.78 is 6.22. The number of hydrogen-bond donors (Lipinski definition) is 0. The molecule has 1 nitrogen and oxygen atoms in total. The molecule has 0 amide bonds. The Balaban J connectivity index is 0.894. The van der Waals surface area contributed by atoms with Crippen LogP contribution in [0.15, 0.2) is 217 Å². The van der Waals surface area contributed by atoms with E-state index in [9.17, 15) is 0 Å². The molecule has 11 aromatic rings. The van der Waals surface area contributed by atoms with Crippen LogP contribution in [0.5, 0.6) is 0 Å². The van der Waals surface area contributed by atoms with E-state index in [4.69, 9.17) is 4.42 Å². The van der Waals surface area contributed by atoms with Crippen LogP contribution in [-0.2, 0) is 16.2 Å². The van der Waals surface area contributed by atoms with E-state index < -0.39 is 0 Å². The minimum atomic E-state index is -0.219. The van der Waals surface area contributed by atoms with Crippen LogP contribution in [-0.4, -0.2) is 0 Å². The average molecular weight is 911 g/mol. The van der Waals surface area contributed by atoms with Crippen molar-refractivity contribution in [2.75, 3.05) is 0 Å². The standard InChI is InChI=1S/C70H54O/c1-68(2)59-36-45(42-15-9-7-10-16-42)21-28-51(59)54-31-24-48(39-62(54)68)67(49-25-32-55-52-29-22-46(43-17-11-8-12-18-43)37-60(52)69(3,4)63(55)40-49)50-26-33-56-53-30-23-47(38-61(53)70(5,6)64(56)41-50)44-27-34-66-58(35-44)57-19-13-14-20-65(57)71-66/h7-41,67H,1-6H3. The summed E-state index contributed by atoms with van der Waals surface area (Å²) >= 11 is 0. The first kappa shape index (κ1) is 41.9. The predicted octanol–water partition coefficient (Wildman–Crippen LogP) is 18.7. The van der Waals surface area contributed by atoms with Gasteiger partial charge >= 0.3 is 0 Å². The van der Waals surface area contributed by atoms with Crippen molar-refractivity contribution in [3.05, 3.63) is 262 Å². The van der Waals surface area contributed by atoms with Crippen molar-refractivity contribution in [3.8, 4) is 66.8 Å². The Morgan fingerprint density at radius 1 is 0.268 bits per heavy atom. The summed E-state index contributed by atoms with van der Waals surface area (Å²) in [5.74, 6) is 0.00117. The molecule has 0 unspecified atom stereocenters. The summed E-state index contributed by atoms with van der Waals surface area (Å²) in [6.45, 7) is 14.5. The van der Waals surface area contributed by atoms with E-state index in [-0.39, 0.29) is 22.2 Å². The Morgan fingerprint density at radius 3 is 1.03 bits per heavy atom. The number of para-hydroxylation sites is 1. The third-order valence-corrected chi connectivity index (χ3v) is 17.0. The number of hydrogen-bond acceptors (Lipinski definition) is 1. The molecular formula is C70H54O. The molecule has 14 rings (SSSR count). The molecule has 71 heavy (non-hydrogen) atoms. The lowest BCUT2D eigenvalue weighted by molar-refractivity contribution is 0.656. The number of furan rings is 1. The van der Waals surface area contributed by atoms with Crippen molar-refractivity contribution in [3.63, 3.8) is 0 Å². The second kappa shape index (κ2) is 15.0. The van der Waals surface area contributed by atoms with Crippen LogP contribution in [0.2, 0.25) is 0 Å². The number of benzene rings is 10. The van der Waals surface area contributed by atoms with Gasteiger partial charge in [-0.05, 0) is 153 Å². The minimum absolute atomic E-state index is 0.00117. The molecular weight excluding hydrogens is 857 g/mol. The van der Waals surface area contributed by atoms with Gasteiger partial charge in [-0.3, -0.25) is 0 Å². The zero-order chi connectivity index (χ0) is 48.0. The molecule has 3 aliphatic rings. The van der Waals surface area contributed by atoms with Gasteiger partial charge in [0.15, 0.2) is 0 Å². The average Bonchev–Trinajstić information content (AvgIpc) is 4.04. The summed E-state index contributed by atoms with van der Waals surface area (Å²) in [6.07, 6.45) is 0. The molecule has 0 saturated carbocycles. The number of fused-ring (bicyclic) bond motifs is 12. The van der Waals surface area contributed by atoms with Gasteiger partial charge in [0.25, 0.3) is 0 Å². The van der Waals surface area contributed by atoms with Gasteiger partial charge in [0, 0.05) is 32.9 Å². The van der Waals surface area contributed by atoms with Crippen molar-refractivity contribution in [2.24, 2.45) is 0 Å². The van der Waals surface area contributed by atoms with Crippen LogP contribution in [0, 0.1) is 0 Å². The van der Waals surface area contributed by atoms with Gasteiger partial charge in [0.05, 0.1) is 0 Å². The summed E-state index contributed by atoms with van der Waals surface area (Å²) in [7, 11) is 0. The van der Waals surface area contributed by atoms with Crippen molar-refractivity contribution in [1.29, 1.82) is 0 Å².